The van der Waals surface area contributed by atoms with Crippen molar-refractivity contribution in [3.8, 4) is 0 Å². The third-order valence-corrected chi connectivity index (χ3v) is 1.27. The molecule has 59 valence electrons. The van der Waals surface area contributed by atoms with E-state index in [4.69, 9.17) is 0 Å². The summed E-state index contributed by atoms with van der Waals surface area (Å²) in [5.41, 5.74) is 0. The number of alkyl halides is 1. The molecule has 0 aromatic heterocycles. The van der Waals surface area contributed by atoms with E-state index < -0.39 is 5.79 Å². The maximum atomic E-state index is 13.3. The van der Waals surface area contributed by atoms with Crippen molar-refractivity contribution in [3.05, 3.63) is 30.7 Å². The second-order valence-corrected chi connectivity index (χ2v) is 2.36. The average Bonchev–Trinajstić information content (AvgIpc) is 1.85. The van der Waals surface area contributed by atoms with E-state index in [0.717, 1.165) is 0 Å². The lowest BCUT2D eigenvalue weighted by molar-refractivity contribution is -0.121. The van der Waals surface area contributed by atoms with Crippen LogP contribution in [0.4, 0.5) is 4.39 Å². The number of rotatable bonds is 1. The van der Waals surface area contributed by atoms with Crippen molar-refractivity contribution >= 4 is 5.91 Å². The second-order valence-electron chi connectivity index (χ2n) is 2.36. The van der Waals surface area contributed by atoms with Gasteiger partial charge in [0.05, 0.1) is 0 Å². The van der Waals surface area contributed by atoms with Gasteiger partial charge in [0.25, 0.3) is 0 Å². The van der Waals surface area contributed by atoms with E-state index in [2.05, 4.69) is 5.32 Å². The van der Waals surface area contributed by atoms with Crippen molar-refractivity contribution in [3.63, 3.8) is 0 Å². The summed E-state index contributed by atoms with van der Waals surface area (Å²) < 4.78 is 13.3. The Morgan fingerprint density at radius 2 is 2.00 bits per heavy atom. The van der Waals surface area contributed by atoms with Gasteiger partial charge in [-0.25, -0.2) is 4.39 Å². The summed E-state index contributed by atoms with van der Waals surface area (Å²) in [5, 5.41) is 2.16. The lowest BCUT2D eigenvalue weighted by atomic mass is 10.1. The van der Waals surface area contributed by atoms with Gasteiger partial charge in [0.15, 0.2) is 0 Å². The molecule has 1 aliphatic rings. The van der Waals surface area contributed by atoms with Crippen molar-refractivity contribution in [1.82, 2.24) is 5.32 Å². The van der Waals surface area contributed by atoms with Crippen LogP contribution in [0.1, 0.15) is 6.92 Å². The molecule has 0 heterocycles. The minimum Gasteiger partial charge on any atom is -0.318 e. The third kappa shape index (κ3) is 2.18. The summed E-state index contributed by atoms with van der Waals surface area (Å²) in [7, 11) is 0. The normalized spacial score (nSPS) is 19.8. The Kier molecular flexibility index (Phi) is 2.08. The van der Waals surface area contributed by atoms with E-state index in [0.29, 0.717) is 0 Å². The Morgan fingerprint density at radius 3 is 2.45 bits per heavy atom. The average molecular weight is 154 g/mol. The Hall–Kier alpha value is -1.12. The van der Waals surface area contributed by atoms with Gasteiger partial charge in [0, 0.05) is 13.3 Å². The van der Waals surface area contributed by atoms with E-state index in [1.807, 2.05) is 0 Å². The van der Waals surface area contributed by atoms with Gasteiger partial charge in [0.2, 0.25) is 11.7 Å². The van der Waals surface area contributed by atoms with Gasteiger partial charge in [-0.1, -0.05) is 12.2 Å². The highest BCUT2D eigenvalue weighted by molar-refractivity contribution is 5.74. The summed E-state index contributed by atoms with van der Waals surface area (Å²) in [4.78, 5) is 10.5. The molecule has 0 aromatic rings. The van der Waals surface area contributed by atoms with Crippen LogP contribution in [0.5, 0.6) is 0 Å². The molecular weight excluding hydrogens is 145 g/mol. The molecule has 0 fully saturated rings. The number of allylic oxidation sites excluding steroid dienone is 2. The first kappa shape index (κ1) is 7.98. The topological polar surface area (TPSA) is 29.1 Å². The lowest BCUT2D eigenvalue weighted by Gasteiger charge is -2.19. The molecule has 1 aliphatic carbocycles. The monoisotopic (exact) mass is 154 g/mol. The number of amides is 1. The summed E-state index contributed by atoms with van der Waals surface area (Å²) in [6.45, 7) is 1.28. The molecule has 0 atom stereocenters. The molecule has 0 aliphatic heterocycles. The first-order chi connectivity index (χ1) is 5.12. The van der Waals surface area contributed by atoms with Crippen LogP contribution in [0.15, 0.2) is 24.3 Å². The Morgan fingerprint density at radius 1 is 1.45 bits per heavy atom. The molecule has 1 N–H and O–H groups in total. The van der Waals surface area contributed by atoms with Gasteiger partial charge in [-0.05, 0) is 12.2 Å². The fourth-order valence-corrected chi connectivity index (χ4v) is 0.864. The van der Waals surface area contributed by atoms with Gasteiger partial charge in [-0.2, -0.15) is 0 Å². The molecule has 0 unspecified atom stereocenters. The number of hydrogen-bond donors (Lipinski definition) is 1. The fourth-order valence-electron chi connectivity index (χ4n) is 0.864. The van der Waals surface area contributed by atoms with E-state index in [-0.39, 0.29) is 5.91 Å². The molecule has 1 radical (unpaired) electrons. The van der Waals surface area contributed by atoms with E-state index in [9.17, 15) is 9.18 Å². The van der Waals surface area contributed by atoms with Gasteiger partial charge < -0.3 is 5.32 Å². The van der Waals surface area contributed by atoms with Gasteiger partial charge in [-0.15, -0.1) is 0 Å². The fraction of sp³-hybridized carbons (Fsp3) is 0.250. The SMILES string of the molecule is CC(=O)NC1(F)C=C[CH]C=C1. The minimum atomic E-state index is -1.79. The quantitative estimate of drug-likeness (QED) is 0.563. The molecular formula is C8H9FNO. The zero-order valence-electron chi connectivity index (χ0n) is 6.17. The van der Waals surface area contributed by atoms with Crippen LogP contribution >= 0.6 is 0 Å². The molecule has 0 saturated heterocycles. The van der Waals surface area contributed by atoms with Crippen molar-refractivity contribution in [2.45, 2.75) is 12.7 Å². The smallest absolute Gasteiger partial charge is 0.220 e. The molecule has 3 heteroatoms. The van der Waals surface area contributed by atoms with Crippen LogP contribution in [0, 0.1) is 6.42 Å². The number of carbonyl (C=O) groups is 1. The summed E-state index contributed by atoms with van der Waals surface area (Å²) in [5.74, 6) is -2.18. The molecule has 0 aromatic carbocycles. The van der Waals surface area contributed by atoms with Crippen LogP contribution in [0.25, 0.3) is 0 Å². The zero-order valence-corrected chi connectivity index (χ0v) is 6.17. The van der Waals surface area contributed by atoms with E-state index in [1.54, 1.807) is 18.6 Å². The Labute approximate surface area is 64.8 Å². The number of nitrogens with one attached hydrogen (secondary N) is 1. The standard InChI is InChI=1S/C8H9FNO/c1-7(11)10-8(9)5-3-2-4-6-8/h2-6H,1H3,(H,10,11). The number of hydrogen-bond acceptors (Lipinski definition) is 1. The molecule has 0 spiro atoms. The summed E-state index contributed by atoms with van der Waals surface area (Å²) in [6.07, 6.45) is 7.37. The molecule has 11 heavy (non-hydrogen) atoms. The number of carbonyl (C=O) groups excluding carboxylic acids is 1. The highest BCUT2D eigenvalue weighted by atomic mass is 19.1. The summed E-state index contributed by atoms with van der Waals surface area (Å²) in [6, 6.07) is 0. The maximum absolute atomic E-state index is 13.3. The Bertz CT molecular complexity index is 208. The lowest BCUT2D eigenvalue weighted by Crippen LogP contribution is -2.40. The zero-order chi connectivity index (χ0) is 8.32. The van der Waals surface area contributed by atoms with Crippen LogP contribution < -0.4 is 5.32 Å². The highest BCUT2D eigenvalue weighted by Crippen LogP contribution is 2.15. The van der Waals surface area contributed by atoms with Gasteiger partial charge in [0.1, 0.15) is 0 Å². The van der Waals surface area contributed by atoms with Gasteiger partial charge >= 0.3 is 0 Å². The predicted molar refractivity (Wildman–Crippen MR) is 40.2 cm³/mol. The molecule has 2 nitrogen and oxygen atoms in total. The molecule has 1 rings (SSSR count). The van der Waals surface area contributed by atoms with E-state index in [1.165, 1.54) is 19.1 Å². The van der Waals surface area contributed by atoms with Crippen molar-refractivity contribution < 1.29 is 9.18 Å². The minimum absolute atomic E-state index is 0.385. The largest absolute Gasteiger partial charge is 0.318 e. The molecule has 0 saturated carbocycles. The first-order valence-corrected chi connectivity index (χ1v) is 3.30. The highest BCUT2D eigenvalue weighted by Gasteiger charge is 2.24. The predicted octanol–water partition coefficient (Wildman–Crippen LogP) is 1.12. The summed E-state index contributed by atoms with van der Waals surface area (Å²) >= 11 is 0. The Balaban J connectivity index is 2.65. The second kappa shape index (κ2) is 2.86. The van der Waals surface area contributed by atoms with Crippen molar-refractivity contribution in [2.75, 3.05) is 0 Å². The number of halogens is 1. The maximum Gasteiger partial charge on any atom is 0.220 e. The van der Waals surface area contributed by atoms with Crippen LogP contribution in [0.2, 0.25) is 0 Å². The van der Waals surface area contributed by atoms with Crippen LogP contribution in [0.3, 0.4) is 0 Å². The van der Waals surface area contributed by atoms with Gasteiger partial charge in [-0.3, -0.25) is 4.79 Å². The van der Waals surface area contributed by atoms with Crippen LogP contribution in [-0.4, -0.2) is 11.7 Å². The van der Waals surface area contributed by atoms with Crippen molar-refractivity contribution in [2.24, 2.45) is 0 Å². The van der Waals surface area contributed by atoms with E-state index >= 15 is 0 Å². The molecule has 0 bridgehead atoms. The van der Waals surface area contributed by atoms with Crippen molar-refractivity contribution in [1.29, 1.82) is 0 Å². The third-order valence-electron chi connectivity index (χ3n) is 1.27. The van der Waals surface area contributed by atoms with Crippen LogP contribution in [-0.2, 0) is 4.79 Å². The molecule has 1 amide bonds. The first-order valence-electron chi connectivity index (χ1n) is 3.30.